The Morgan fingerprint density at radius 3 is 2.95 bits per heavy atom. The number of hydrogen-bond acceptors (Lipinski definition) is 4. The van der Waals surface area contributed by atoms with E-state index in [2.05, 4.69) is 10.6 Å². The lowest BCUT2D eigenvalue weighted by Gasteiger charge is -2.22. The summed E-state index contributed by atoms with van der Waals surface area (Å²) >= 11 is 5.88. The van der Waals surface area contributed by atoms with Crippen molar-refractivity contribution >= 4 is 35.6 Å². The number of carbonyl (C=O) groups excluding carboxylic acids is 1. The molecule has 102 valence electrons. The number of morpholine rings is 1. The molecule has 0 radical (unpaired) electrons. The summed E-state index contributed by atoms with van der Waals surface area (Å²) in [6, 6.07) is 6.71. The van der Waals surface area contributed by atoms with Crippen molar-refractivity contribution in [1.82, 2.24) is 5.32 Å². The second-order valence-electron chi connectivity index (χ2n) is 3.86. The Morgan fingerprint density at radius 2 is 2.37 bits per heavy atom. The standard InChI is InChI=1S/C12H12ClN3O2.ClH/c13-10-5-9(2-1-8(10)6-14)16-12(17)11-7-15-3-4-18-11;/h1-2,5,11,15H,3-4,7H2,(H,16,17);1H. The molecule has 1 saturated heterocycles. The molecule has 7 heteroatoms. The molecule has 1 aliphatic heterocycles. The second kappa shape index (κ2) is 7.31. The predicted octanol–water partition coefficient (Wildman–Crippen LogP) is 1.56. The van der Waals surface area contributed by atoms with Crippen LogP contribution < -0.4 is 10.6 Å². The smallest absolute Gasteiger partial charge is 0.254 e. The van der Waals surface area contributed by atoms with E-state index in [1.165, 1.54) is 0 Å². The van der Waals surface area contributed by atoms with Crippen LogP contribution in [-0.4, -0.2) is 31.7 Å². The molecule has 0 bridgehead atoms. The van der Waals surface area contributed by atoms with Crippen molar-refractivity contribution in [3.05, 3.63) is 28.8 Å². The number of halogens is 2. The first-order valence-corrected chi connectivity index (χ1v) is 5.91. The molecule has 1 amide bonds. The summed E-state index contributed by atoms with van der Waals surface area (Å²) in [4.78, 5) is 11.8. The minimum absolute atomic E-state index is 0. The Hall–Kier alpha value is -1.32. The zero-order valence-electron chi connectivity index (χ0n) is 9.98. The molecule has 1 atom stereocenters. The molecular weight excluding hydrogens is 289 g/mol. The minimum Gasteiger partial charge on any atom is -0.366 e. The number of benzene rings is 1. The van der Waals surface area contributed by atoms with Gasteiger partial charge in [0.2, 0.25) is 0 Å². The van der Waals surface area contributed by atoms with Gasteiger partial charge in [-0.3, -0.25) is 4.79 Å². The highest BCUT2D eigenvalue weighted by Gasteiger charge is 2.21. The monoisotopic (exact) mass is 301 g/mol. The van der Waals surface area contributed by atoms with Gasteiger partial charge in [-0.1, -0.05) is 11.6 Å². The van der Waals surface area contributed by atoms with E-state index in [0.717, 1.165) is 6.54 Å². The predicted molar refractivity (Wildman–Crippen MR) is 74.7 cm³/mol. The normalized spacial score (nSPS) is 18.0. The summed E-state index contributed by atoms with van der Waals surface area (Å²) in [6.07, 6.45) is -0.492. The molecule has 5 nitrogen and oxygen atoms in total. The van der Waals surface area contributed by atoms with E-state index in [9.17, 15) is 4.79 Å². The lowest BCUT2D eigenvalue weighted by Crippen LogP contribution is -2.45. The third kappa shape index (κ3) is 4.08. The van der Waals surface area contributed by atoms with Gasteiger partial charge in [-0.15, -0.1) is 12.4 Å². The van der Waals surface area contributed by atoms with Crippen molar-refractivity contribution in [2.24, 2.45) is 0 Å². The number of amides is 1. The number of nitrogens with one attached hydrogen (secondary N) is 2. The molecule has 1 heterocycles. The SMILES string of the molecule is Cl.N#Cc1ccc(NC(=O)C2CNCCO2)cc1Cl. The van der Waals surface area contributed by atoms with Crippen molar-refractivity contribution in [2.75, 3.05) is 25.0 Å². The fourth-order valence-electron chi connectivity index (χ4n) is 1.64. The number of carbonyl (C=O) groups is 1. The van der Waals surface area contributed by atoms with Crippen LogP contribution in [0.15, 0.2) is 18.2 Å². The summed E-state index contributed by atoms with van der Waals surface area (Å²) in [6.45, 7) is 1.77. The van der Waals surface area contributed by atoms with Crippen LogP contribution in [0.5, 0.6) is 0 Å². The molecule has 2 N–H and O–H groups in total. The lowest BCUT2D eigenvalue weighted by molar-refractivity contribution is -0.128. The lowest BCUT2D eigenvalue weighted by atomic mass is 10.2. The first-order valence-electron chi connectivity index (χ1n) is 5.53. The maximum absolute atomic E-state index is 11.8. The quantitative estimate of drug-likeness (QED) is 0.869. The number of nitriles is 1. The van der Waals surface area contributed by atoms with Gasteiger partial charge < -0.3 is 15.4 Å². The molecule has 0 saturated carbocycles. The number of ether oxygens (including phenoxy) is 1. The molecule has 0 aromatic heterocycles. The number of hydrogen-bond donors (Lipinski definition) is 2. The van der Waals surface area contributed by atoms with E-state index in [-0.39, 0.29) is 18.3 Å². The summed E-state index contributed by atoms with van der Waals surface area (Å²) in [5, 5.41) is 14.8. The maximum atomic E-state index is 11.8. The fraction of sp³-hybridized carbons (Fsp3) is 0.333. The van der Waals surface area contributed by atoms with Crippen LogP contribution in [0, 0.1) is 11.3 Å². The van der Waals surface area contributed by atoms with Crippen LogP contribution in [0.25, 0.3) is 0 Å². The van der Waals surface area contributed by atoms with Crippen LogP contribution in [-0.2, 0) is 9.53 Å². The highest BCUT2D eigenvalue weighted by molar-refractivity contribution is 6.32. The van der Waals surface area contributed by atoms with Gasteiger partial charge in [0, 0.05) is 18.8 Å². The van der Waals surface area contributed by atoms with Crippen molar-refractivity contribution in [2.45, 2.75) is 6.10 Å². The van der Waals surface area contributed by atoms with Crippen LogP contribution in [0.2, 0.25) is 5.02 Å². The van der Waals surface area contributed by atoms with E-state index < -0.39 is 6.10 Å². The average Bonchev–Trinajstić information content (AvgIpc) is 2.40. The topological polar surface area (TPSA) is 74.2 Å². The Balaban J connectivity index is 0.00000180. The summed E-state index contributed by atoms with van der Waals surface area (Å²) in [7, 11) is 0. The first kappa shape index (κ1) is 15.7. The van der Waals surface area contributed by atoms with E-state index in [0.29, 0.717) is 29.4 Å². The van der Waals surface area contributed by atoms with E-state index >= 15 is 0 Å². The molecule has 0 spiro atoms. The van der Waals surface area contributed by atoms with Gasteiger partial charge in [0.1, 0.15) is 12.2 Å². The van der Waals surface area contributed by atoms with Crippen molar-refractivity contribution in [1.29, 1.82) is 5.26 Å². The van der Waals surface area contributed by atoms with E-state index in [1.54, 1.807) is 18.2 Å². The third-order valence-corrected chi connectivity index (χ3v) is 2.89. The molecular formula is C12H13Cl2N3O2. The Labute approximate surface area is 122 Å². The van der Waals surface area contributed by atoms with Crippen molar-refractivity contribution in [3.8, 4) is 6.07 Å². The molecule has 1 aliphatic rings. The van der Waals surface area contributed by atoms with Crippen LogP contribution in [0.3, 0.4) is 0 Å². The van der Waals surface area contributed by atoms with Crippen LogP contribution in [0.4, 0.5) is 5.69 Å². The highest BCUT2D eigenvalue weighted by atomic mass is 35.5. The summed E-state index contributed by atoms with van der Waals surface area (Å²) in [5.41, 5.74) is 0.934. The van der Waals surface area contributed by atoms with Gasteiger partial charge in [0.05, 0.1) is 17.2 Å². The highest BCUT2D eigenvalue weighted by Crippen LogP contribution is 2.20. The number of nitrogens with zero attached hydrogens (tertiary/aromatic N) is 1. The largest absolute Gasteiger partial charge is 0.366 e. The Morgan fingerprint density at radius 1 is 1.58 bits per heavy atom. The molecule has 19 heavy (non-hydrogen) atoms. The molecule has 1 unspecified atom stereocenters. The number of anilines is 1. The van der Waals surface area contributed by atoms with Gasteiger partial charge in [-0.05, 0) is 18.2 Å². The molecule has 1 fully saturated rings. The van der Waals surface area contributed by atoms with Gasteiger partial charge in [-0.2, -0.15) is 5.26 Å². The van der Waals surface area contributed by atoms with E-state index in [1.807, 2.05) is 6.07 Å². The number of rotatable bonds is 2. The van der Waals surface area contributed by atoms with Crippen LogP contribution >= 0.6 is 24.0 Å². The first-order chi connectivity index (χ1) is 8.70. The van der Waals surface area contributed by atoms with Crippen molar-refractivity contribution < 1.29 is 9.53 Å². The average molecular weight is 302 g/mol. The zero-order chi connectivity index (χ0) is 13.0. The second-order valence-corrected chi connectivity index (χ2v) is 4.27. The van der Waals surface area contributed by atoms with Gasteiger partial charge in [0.25, 0.3) is 5.91 Å². The van der Waals surface area contributed by atoms with Crippen molar-refractivity contribution in [3.63, 3.8) is 0 Å². The van der Waals surface area contributed by atoms with Gasteiger partial charge in [-0.25, -0.2) is 0 Å². The van der Waals surface area contributed by atoms with Crippen LogP contribution in [0.1, 0.15) is 5.56 Å². The maximum Gasteiger partial charge on any atom is 0.254 e. The molecule has 1 aromatic carbocycles. The van der Waals surface area contributed by atoms with Gasteiger partial charge in [0.15, 0.2) is 0 Å². The minimum atomic E-state index is -0.492. The summed E-state index contributed by atoms with van der Waals surface area (Å²) < 4.78 is 5.33. The van der Waals surface area contributed by atoms with E-state index in [4.69, 9.17) is 21.6 Å². The Kier molecular flexibility index (Phi) is 6.06. The Bertz CT molecular complexity index is 496. The molecule has 1 aromatic rings. The third-order valence-electron chi connectivity index (χ3n) is 2.58. The zero-order valence-corrected chi connectivity index (χ0v) is 11.6. The van der Waals surface area contributed by atoms with Gasteiger partial charge >= 0.3 is 0 Å². The fourth-order valence-corrected chi connectivity index (χ4v) is 1.86. The molecule has 0 aliphatic carbocycles. The summed E-state index contributed by atoms with van der Waals surface area (Å²) in [5.74, 6) is -0.219. The molecule has 2 rings (SSSR count).